The van der Waals surface area contributed by atoms with E-state index in [1.54, 1.807) is 17.3 Å². The third-order valence-corrected chi connectivity index (χ3v) is 3.78. The lowest BCUT2D eigenvalue weighted by Crippen LogP contribution is -2.50. The molecule has 22 heavy (non-hydrogen) atoms. The van der Waals surface area contributed by atoms with Gasteiger partial charge < -0.3 is 15.2 Å². The van der Waals surface area contributed by atoms with Gasteiger partial charge in [-0.2, -0.15) is 0 Å². The number of nitrogens with zero attached hydrogens (tertiary/aromatic N) is 4. The van der Waals surface area contributed by atoms with Crippen LogP contribution in [0.5, 0.6) is 0 Å². The molecule has 0 bridgehead atoms. The Bertz CT molecular complexity index is 647. The maximum atomic E-state index is 13.6. The Morgan fingerprint density at radius 3 is 3.05 bits per heavy atom. The molecule has 2 aromatic rings. The summed E-state index contributed by atoms with van der Waals surface area (Å²) in [4.78, 5) is 27.1. The van der Waals surface area contributed by atoms with Crippen LogP contribution in [-0.2, 0) is 0 Å². The van der Waals surface area contributed by atoms with Crippen LogP contribution in [0.3, 0.4) is 0 Å². The average molecular weight is 304 g/mol. The molecular formula is C14H17FN6O. The molecule has 8 heteroatoms. The molecule has 0 aliphatic carbocycles. The second-order valence-corrected chi connectivity index (χ2v) is 5.20. The molecule has 0 radical (unpaired) electrons. The number of carbonyl (C=O) groups excluding carboxylic acids is 1. The average Bonchev–Trinajstić information content (AvgIpc) is 3.04. The molecule has 0 aromatic carbocycles. The number of piperazine rings is 1. The highest BCUT2D eigenvalue weighted by Gasteiger charge is 2.30. The SMILES string of the molecule is CN1CCN(C(=O)Nc2ccncc2F)C[C@@H]1c1ncc[nH]1. The summed E-state index contributed by atoms with van der Waals surface area (Å²) in [5.74, 6) is 0.266. The van der Waals surface area contributed by atoms with Crippen molar-refractivity contribution in [3.63, 3.8) is 0 Å². The minimum absolute atomic E-state index is 0.00298. The second kappa shape index (κ2) is 6.10. The van der Waals surface area contributed by atoms with Crippen molar-refractivity contribution in [2.45, 2.75) is 6.04 Å². The highest BCUT2D eigenvalue weighted by Crippen LogP contribution is 2.22. The highest BCUT2D eigenvalue weighted by atomic mass is 19.1. The molecule has 3 rings (SSSR count). The van der Waals surface area contributed by atoms with Crippen molar-refractivity contribution in [2.24, 2.45) is 0 Å². The third kappa shape index (κ3) is 2.91. The number of aromatic amines is 1. The summed E-state index contributed by atoms with van der Waals surface area (Å²) < 4.78 is 13.6. The first-order valence-electron chi connectivity index (χ1n) is 7.00. The third-order valence-electron chi connectivity index (χ3n) is 3.78. The van der Waals surface area contributed by atoms with Gasteiger partial charge in [-0.3, -0.25) is 9.88 Å². The topological polar surface area (TPSA) is 77.2 Å². The highest BCUT2D eigenvalue weighted by molar-refractivity contribution is 5.89. The van der Waals surface area contributed by atoms with Crippen LogP contribution in [0.25, 0.3) is 0 Å². The number of likely N-dealkylation sites (N-methyl/N-ethyl adjacent to an activating group) is 1. The predicted octanol–water partition coefficient (Wildman–Crippen LogP) is 1.46. The van der Waals surface area contributed by atoms with E-state index in [-0.39, 0.29) is 17.8 Å². The van der Waals surface area contributed by atoms with Gasteiger partial charge in [0.1, 0.15) is 5.82 Å². The zero-order valence-electron chi connectivity index (χ0n) is 12.2. The van der Waals surface area contributed by atoms with Gasteiger partial charge in [0.05, 0.1) is 17.9 Å². The fourth-order valence-electron chi connectivity index (χ4n) is 2.48. The predicted molar refractivity (Wildman–Crippen MR) is 78.7 cm³/mol. The number of aromatic nitrogens is 3. The van der Waals surface area contributed by atoms with Crippen LogP contribution >= 0.6 is 0 Å². The van der Waals surface area contributed by atoms with Gasteiger partial charge in [-0.05, 0) is 13.1 Å². The van der Waals surface area contributed by atoms with Gasteiger partial charge in [0, 0.05) is 38.2 Å². The Morgan fingerprint density at radius 1 is 1.45 bits per heavy atom. The summed E-state index contributed by atoms with van der Waals surface area (Å²) >= 11 is 0. The number of nitrogens with one attached hydrogen (secondary N) is 2. The number of H-pyrrole nitrogens is 1. The van der Waals surface area contributed by atoms with Gasteiger partial charge in [-0.25, -0.2) is 14.2 Å². The Balaban J connectivity index is 1.69. The van der Waals surface area contributed by atoms with Gasteiger partial charge in [-0.15, -0.1) is 0 Å². The van der Waals surface area contributed by atoms with Crippen LogP contribution in [0.15, 0.2) is 30.9 Å². The van der Waals surface area contributed by atoms with E-state index in [0.29, 0.717) is 13.1 Å². The van der Waals surface area contributed by atoms with E-state index in [4.69, 9.17) is 0 Å². The van der Waals surface area contributed by atoms with E-state index in [2.05, 4.69) is 25.2 Å². The van der Waals surface area contributed by atoms with E-state index in [1.807, 2.05) is 7.05 Å². The van der Waals surface area contributed by atoms with Gasteiger partial charge in [0.2, 0.25) is 0 Å². The zero-order valence-corrected chi connectivity index (χ0v) is 12.2. The van der Waals surface area contributed by atoms with Gasteiger partial charge in [0.15, 0.2) is 5.82 Å². The lowest BCUT2D eigenvalue weighted by molar-refractivity contribution is 0.112. The molecule has 1 saturated heterocycles. The van der Waals surface area contributed by atoms with Crippen molar-refractivity contribution in [3.05, 3.63) is 42.5 Å². The number of urea groups is 1. The van der Waals surface area contributed by atoms with Crippen LogP contribution in [0.4, 0.5) is 14.9 Å². The molecule has 0 saturated carbocycles. The quantitative estimate of drug-likeness (QED) is 0.880. The van der Waals surface area contributed by atoms with E-state index in [0.717, 1.165) is 18.6 Å². The van der Waals surface area contributed by atoms with Gasteiger partial charge >= 0.3 is 6.03 Å². The first-order chi connectivity index (χ1) is 10.6. The van der Waals surface area contributed by atoms with Crippen LogP contribution in [-0.4, -0.2) is 57.5 Å². The van der Waals surface area contributed by atoms with Crippen molar-refractivity contribution in [3.8, 4) is 0 Å². The summed E-state index contributed by atoms with van der Waals surface area (Å²) in [5.41, 5.74) is 0.133. The second-order valence-electron chi connectivity index (χ2n) is 5.20. The van der Waals surface area contributed by atoms with E-state index < -0.39 is 5.82 Å². The number of pyridine rings is 1. The summed E-state index contributed by atoms with van der Waals surface area (Å²) in [6.45, 7) is 1.78. The summed E-state index contributed by atoms with van der Waals surface area (Å²) in [5, 5.41) is 2.58. The summed E-state index contributed by atoms with van der Waals surface area (Å²) in [7, 11) is 1.99. The Hall–Kier alpha value is -2.48. The fourth-order valence-corrected chi connectivity index (χ4v) is 2.48. The molecule has 7 nitrogen and oxygen atoms in total. The standard InChI is InChI=1S/C14H17FN6O/c1-20-6-7-21(9-12(20)13-17-4-5-18-13)14(22)19-11-2-3-16-8-10(11)15/h2-5,8,12H,6-7,9H2,1H3,(H,17,18)(H,16,19,22)/t12-/m1/s1. The molecule has 1 aliphatic heterocycles. The lowest BCUT2D eigenvalue weighted by atomic mass is 10.1. The lowest BCUT2D eigenvalue weighted by Gasteiger charge is -2.38. The number of carbonyl (C=O) groups is 1. The Morgan fingerprint density at radius 2 is 2.32 bits per heavy atom. The first kappa shape index (κ1) is 14.5. The number of hydrogen-bond acceptors (Lipinski definition) is 4. The van der Waals surface area contributed by atoms with Crippen molar-refractivity contribution >= 4 is 11.7 Å². The van der Waals surface area contributed by atoms with Gasteiger partial charge in [0.25, 0.3) is 0 Å². The van der Waals surface area contributed by atoms with Crippen LogP contribution in [0.1, 0.15) is 11.9 Å². The van der Waals surface area contributed by atoms with E-state index in [1.165, 1.54) is 12.3 Å². The van der Waals surface area contributed by atoms with Crippen molar-refractivity contribution in [1.82, 2.24) is 24.8 Å². The monoisotopic (exact) mass is 304 g/mol. The maximum absolute atomic E-state index is 13.6. The minimum Gasteiger partial charge on any atom is -0.347 e. The number of amides is 2. The summed E-state index contributed by atoms with van der Waals surface area (Å²) in [6.07, 6.45) is 5.96. The number of imidazole rings is 1. The molecule has 2 N–H and O–H groups in total. The maximum Gasteiger partial charge on any atom is 0.322 e. The molecule has 1 atom stereocenters. The first-order valence-corrected chi connectivity index (χ1v) is 7.00. The smallest absolute Gasteiger partial charge is 0.322 e. The van der Waals surface area contributed by atoms with Gasteiger partial charge in [-0.1, -0.05) is 0 Å². The molecule has 1 fully saturated rings. The molecule has 1 aliphatic rings. The number of rotatable bonds is 2. The number of hydrogen-bond donors (Lipinski definition) is 2. The van der Waals surface area contributed by atoms with E-state index >= 15 is 0 Å². The van der Waals surface area contributed by atoms with Crippen LogP contribution in [0.2, 0.25) is 0 Å². The molecule has 3 heterocycles. The Kier molecular flexibility index (Phi) is 4.01. The molecule has 0 spiro atoms. The molecule has 116 valence electrons. The van der Waals surface area contributed by atoms with Crippen molar-refractivity contribution in [2.75, 3.05) is 32.0 Å². The fraction of sp³-hybridized carbons (Fsp3) is 0.357. The molecule has 2 amide bonds. The van der Waals surface area contributed by atoms with Crippen molar-refractivity contribution in [1.29, 1.82) is 0 Å². The molecular weight excluding hydrogens is 287 g/mol. The molecule has 2 aromatic heterocycles. The zero-order chi connectivity index (χ0) is 15.5. The van der Waals surface area contributed by atoms with Crippen LogP contribution < -0.4 is 5.32 Å². The molecule has 0 unspecified atom stereocenters. The minimum atomic E-state index is -0.549. The summed E-state index contributed by atoms with van der Waals surface area (Å²) in [6, 6.07) is 1.11. The van der Waals surface area contributed by atoms with Crippen molar-refractivity contribution < 1.29 is 9.18 Å². The normalized spacial score (nSPS) is 19.2. The largest absolute Gasteiger partial charge is 0.347 e. The number of halogens is 1. The van der Waals surface area contributed by atoms with Crippen LogP contribution in [0, 0.1) is 5.82 Å². The Labute approximate surface area is 127 Å². The number of anilines is 1. The van der Waals surface area contributed by atoms with E-state index in [9.17, 15) is 9.18 Å².